The maximum atomic E-state index is 12.1. The first-order chi connectivity index (χ1) is 9.99. The molecule has 1 amide bonds. The largest absolute Gasteiger partial charge is 0.481 e. The smallest absolute Gasteiger partial charge is 0.306 e. The second-order valence-electron chi connectivity index (χ2n) is 5.36. The summed E-state index contributed by atoms with van der Waals surface area (Å²) in [5.41, 5.74) is 0.292. The van der Waals surface area contributed by atoms with Gasteiger partial charge in [-0.1, -0.05) is 29.3 Å². The van der Waals surface area contributed by atoms with Crippen LogP contribution in [0.25, 0.3) is 0 Å². The Morgan fingerprint density at radius 3 is 2.24 bits per heavy atom. The van der Waals surface area contributed by atoms with Gasteiger partial charge in [0, 0.05) is 6.54 Å². The lowest BCUT2D eigenvalue weighted by molar-refractivity contribution is -0.143. The molecular formula is C15H17Cl2NO3. The van der Waals surface area contributed by atoms with E-state index < -0.39 is 5.97 Å². The highest BCUT2D eigenvalue weighted by Gasteiger charge is 2.26. The molecule has 114 valence electrons. The Morgan fingerprint density at radius 2 is 1.71 bits per heavy atom. The van der Waals surface area contributed by atoms with Crippen LogP contribution in [0.1, 0.15) is 36.0 Å². The second kappa shape index (κ2) is 7.14. The Morgan fingerprint density at radius 1 is 1.14 bits per heavy atom. The van der Waals surface area contributed by atoms with Crippen molar-refractivity contribution in [1.29, 1.82) is 0 Å². The molecule has 2 N–H and O–H groups in total. The number of rotatable bonds is 4. The van der Waals surface area contributed by atoms with Gasteiger partial charge in [0.05, 0.1) is 21.5 Å². The molecule has 0 heterocycles. The van der Waals surface area contributed by atoms with Gasteiger partial charge >= 0.3 is 5.97 Å². The highest BCUT2D eigenvalue weighted by Crippen LogP contribution is 2.29. The Bertz CT molecular complexity index is 519. The van der Waals surface area contributed by atoms with Crippen molar-refractivity contribution in [3.8, 4) is 0 Å². The molecule has 0 saturated heterocycles. The van der Waals surface area contributed by atoms with Gasteiger partial charge in [-0.05, 0) is 43.7 Å². The van der Waals surface area contributed by atoms with Crippen LogP contribution in [0.5, 0.6) is 0 Å². The van der Waals surface area contributed by atoms with E-state index in [1.165, 1.54) is 0 Å². The number of carbonyl (C=O) groups excluding carboxylic acids is 1. The van der Waals surface area contributed by atoms with E-state index in [1.807, 2.05) is 0 Å². The van der Waals surface area contributed by atoms with Crippen molar-refractivity contribution >= 4 is 35.1 Å². The normalized spacial score (nSPS) is 21.8. The second-order valence-corrected chi connectivity index (χ2v) is 6.18. The van der Waals surface area contributed by atoms with E-state index in [0.717, 1.165) is 12.8 Å². The molecule has 21 heavy (non-hydrogen) atoms. The molecule has 1 fully saturated rings. The molecule has 0 spiro atoms. The molecule has 1 aliphatic rings. The first kappa shape index (κ1) is 16.1. The van der Waals surface area contributed by atoms with Crippen LogP contribution in [0.4, 0.5) is 0 Å². The van der Waals surface area contributed by atoms with E-state index in [9.17, 15) is 9.59 Å². The fraction of sp³-hybridized carbons (Fsp3) is 0.467. The van der Waals surface area contributed by atoms with Crippen molar-refractivity contribution in [2.45, 2.75) is 25.7 Å². The molecule has 1 aromatic carbocycles. The highest BCUT2D eigenvalue weighted by atomic mass is 35.5. The van der Waals surface area contributed by atoms with Crippen LogP contribution in [0.2, 0.25) is 10.0 Å². The average molecular weight is 330 g/mol. The minimum Gasteiger partial charge on any atom is -0.481 e. The molecule has 1 aromatic rings. The van der Waals surface area contributed by atoms with Crippen LogP contribution in [-0.4, -0.2) is 23.5 Å². The van der Waals surface area contributed by atoms with Gasteiger partial charge in [-0.25, -0.2) is 0 Å². The summed E-state index contributed by atoms with van der Waals surface area (Å²) in [6.07, 6.45) is 2.96. The SMILES string of the molecule is O=C(NCC1CCC(C(=O)O)CC1)c1c(Cl)cccc1Cl. The number of hydrogen-bond acceptors (Lipinski definition) is 2. The summed E-state index contributed by atoms with van der Waals surface area (Å²) in [6, 6.07) is 4.94. The highest BCUT2D eigenvalue weighted by molar-refractivity contribution is 6.39. The van der Waals surface area contributed by atoms with E-state index in [2.05, 4.69) is 5.32 Å². The fourth-order valence-electron chi connectivity index (χ4n) is 2.65. The summed E-state index contributed by atoms with van der Waals surface area (Å²) in [5.74, 6) is -0.938. The number of halogens is 2. The molecule has 6 heteroatoms. The van der Waals surface area contributed by atoms with Crippen LogP contribution in [0, 0.1) is 11.8 Å². The minimum absolute atomic E-state index is 0.241. The Labute approximate surface area is 133 Å². The summed E-state index contributed by atoms with van der Waals surface area (Å²) in [5, 5.41) is 12.4. The van der Waals surface area contributed by atoms with Gasteiger partial charge in [0.25, 0.3) is 5.91 Å². The Balaban J connectivity index is 1.87. The van der Waals surface area contributed by atoms with Gasteiger partial charge in [-0.3, -0.25) is 9.59 Å². The zero-order valence-electron chi connectivity index (χ0n) is 11.4. The van der Waals surface area contributed by atoms with Crippen molar-refractivity contribution in [2.24, 2.45) is 11.8 Å². The zero-order valence-corrected chi connectivity index (χ0v) is 13.0. The molecule has 1 saturated carbocycles. The number of hydrogen-bond donors (Lipinski definition) is 2. The maximum absolute atomic E-state index is 12.1. The van der Waals surface area contributed by atoms with E-state index >= 15 is 0 Å². The topological polar surface area (TPSA) is 66.4 Å². The Kier molecular flexibility index (Phi) is 5.48. The number of carbonyl (C=O) groups is 2. The van der Waals surface area contributed by atoms with E-state index in [-0.39, 0.29) is 11.8 Å². The van der Waals surface area contributed by atoms with Gasteiger partial charge in [0.15, 0.2) is 0 Å². The van der Waals surface area contributed by atoms with Gasteiger partial charge in [0.2, 0.25) is 0 Å². The van der Waals surface area contributed by atoms with Crippen LogP contribution >= 0.6 is 23.2 Å². The number of carboxylic acid groups (broad SMARTS) is 1. The fourth-order valence-corrected chi connectivity index (χ4v) is 3.22. The Hall–Kier alpha value is -1.26. The summed E-state index contributed by atoms with van der Waals surface area (Å²) < 4.78 is 0. The molecule has 0 aliphatic heterocycles. The van der Waals surface area contributed by atoms with Crippen molar-refractivity contribution in [3.05, 3.63) is 33.8 Å². The summed E-state index contributed by atoms with van der Waals surface area (Å²) in [4.78, 5) is 23.0. The van der Waals surface area contributed by atoms with Crippen LogP contribution < -0.4 is 5.32 Å². The standard InChI is InChI=1S/C15H17Cl2NO3/c16-11-2-1-3-12(17)13(11)14(19)18-8-9-4-6-10(7-5-9)15(20)21/h1-3,9-10H,4-8H2,(H,18,19)(H,20,21). The molecule has 4 nitrogen and oxygen atoms in total. The minimum atomic E-state index is -0.722. The van der Waals surface area contributed by atoms with Crippen molar-refractivity contribution in [1.82, 2.24) is 5.32 Å². The van der Waals surface area contributed by atoms with E-state index in [4.69, 9.17) is 28.3 Å². The molecule has 0 atom stereocenters. The number of carboxylic acids is 1. The summed E-state index contributed by atoms with van der Waals surface area (Å²) in [6.45, 7) is 0.521. The summed E-state index contributed by atoms with van der Waals surface area (Å²) >= 11 is 12.0. The number of aliphatic carboxylic acids is 1. The predicted molar refractivity (Wildman–Crippen MR) is 81.9 cm³/mol. The molecule has 0 bridgehead atoms. The third-order valence-electron chi connectivity index (χ3n) is 3.94. The van der Waals surface area contributed by atoms with Gasteiger partial charge in [0.1, 0.15) is 0 Å². The first-order valence-electron chi connectivity index (χ1n) is 6.94. The van der Waals surface area contributed by atoms with E-state index in [1.54, 1.807) is 18.2 Å². The van der Waals surface area contributed by atoms with Crippen LogP contribution in [0.15, 0.2) is 18.2 Å². The van der Waals surface area contributed by atoms with Gasteiger partial charge in [-0.15, -0.1) is 0 Å². The lowest BCUT2D eigenvalue weighted by Gasteiger charge is -2.26. The zero-order chi connectivity index (χ0) is 15.4. The molecular weight excluding hydrogens is 313 g/mol. The predicted octanol–water partition coefficient (Wildman–Crippen LogP) is 3.61. The van der Waals surface area contributed by atoms with Crippen molar-refractivity contribution < 1.29 is 14.7 Å². The molecule has 0 unspecified atom stereocenters. The lowest BCUT2D eigenvalue weighted by Crippen LogP contribution is -2.32. The van der Waals surface area contributed by atoms with Crippen molar-refractivity contribution in [2.75, 3.05) is 6.54 Å². The maximum Gasteiger partial charge on any atom is 0.306 e. The molecule has 0 radical (unpaired) electrons. The van der Waals surface area contributed by atoms with Gasteiger partial charge < -0.3 is 10.4 Å². The number of amides is 1. The van der Waals surface area contributed by atoms with Crippen LogP contribution in [0.3, 0.4) is 0 Å². The molecule has 0 aromatic heterocycles. The average Bonchev–Trinajstić information content (AvgIpc) is 2.45. The molecule has 2 rings (SSSR count). The monoisotopic (exact) mass is 329 g/mol. The number of nitrogens with one attached hydrogen (secondary N) is 1. The van der Waals surface area contributed by atoms with Crippen molar-refractivity contribution in [3.63, 3.8) is 0 Å². The summed E-state index contributed by atoms with van der Waals surface area (Å²) in [7, 11) is 0. The quantitative estimate of drug-likeness (QED) is 0.886. The third kappa shape index (κ3) is 4.11. The van der Waals surface area contributed by atoms with E-state index in [0.29, 0.717) is 40.9 Å². The van der Waals surface area contributed by atoms with Gasteiger partial charge in [-0.2, -0.15) is 0 Å². The molecule has 1 aliphatic carbocycles. The first-order valence-corrected chi connectivity index (χ1v) is 7.69. The van der Waals surface area contributed by atoms with Crippen LogP contribution in [-0.2, 0) is 4.79 Å². The number of benzene rings is 1. The lowest BCUT2D eigenvalue weighted by atomic mass is 9.82. The third-order valence-corrected chi connectivity index (χ3v) is 4.57.